The number of nitrogens with zero attached hydrogens (tertiary/aromatic N) is 1. The maximum atomic E-state index is 12.0. The lowest BCUT2D eigenvalue weighted by Gasteiger charge is -2.10. The molecular weight excluding hydrogens is 248 g/mol. The molecule has 0 radical (unpaired) electrons. The van der Waals surface area contributed by atoms with Gasteiger partial charge in [0.15, 0.2) is 5.78 Å². The molecule has 20 heavy (non-hydrogen) atoms. The van der Waals surface area contributed by atoms with Crippen LogP contribution in [-0.4, -0.2) is 16.0 Å². The number of H-pyrrole nitrogens is 1. The first-order valence-electron chi connectivity index (χ1n) is 6.64. The van der Waals surface area contributed by atoms with Crippen LogP contribution in [0, 0.1) is 13.8 Å². The summed E-state index contributed by atoms with van der Waals surface area (Å²) in [6, 6.07) is 11.9. The third-order valence-corrected chi connectivity index (χ3v) is 3.65. The molecule has 0 unspecified atom stereocenters. The highest BCUT2D eigenvalue weighted by molar-refractivity contribution is 6.10. The van der Waals surface area contributed by atoms with E-state index in [1.54, 1.807) is 6.92 Å². The molecule has 1 heterocycles. The van der Waals surface area contributed by atoms with E-state index < -0.39 is 0 Å². The lowest BCUT2D eigenvalue weighted by molar-refractivity contribution is 0.101. The summed E-state index contributed by atoms with van der Waals surface area (Å²) in [5.41, 5.74) is 5.66. The van der Waals surface area contributed by atoms with Crippen LogP contribution in [0.2, 0.25) is 0 Å². The number of fused-ring (bicyclic) bond motifs is 1. The number of hydrogen-bond donors (Lipinski definition) is 1. The van der Waals surface area contributed by atoms with Gasteiger partial charge >= 0.3 is 0 Å². The average molecular weight is 264 g/mol. The number of aryl methyl sites for hydroxylation is 2. The van der Waals surface area contributed by atoms with E-state index in [0.29, 0.717) is 0 Å². The molecule has 0 fully saturated rings. The van der Waals surface area contributed by atoms with E-state index in [9.17, 15) is 4.79 Å². The zero-order valence-electron chi connectivity index (χ0n) is 11.8. The fourth-order valence-corrected chi connectivity index (χ4v) is 2.76. The number of carbonyl (C=O) groups is 1. The van der Waals surface area contributed by atoms with Crippen LogP contribution in [0.25, 0.3) is 22.0 Å². The van der Waals surface area contributed by atoms with Crippen molar-refractivity contribution in [3.63, 3.8) is 0 Å². The van der Waals surface area contributed by atoms with Crippen LogP contribution in [-0.2, 0) is 0 Å². The summed E-state index contributed by atoms with van der Waals surface area (Å²) in [7, 11) is 0. The van der Waals surface area contributed by atoms with Gasteiger partial charge in [0.2, 0.25) is 0 Å². The molecule has 2 aromatic carbocycles. The van der Waals surface area contributed by atoms with Crippen LogP contribution in [0.1, 0.15) is 28.5 Å². The van der Waals surface area contributed by atoms with Gasteiger partial charge in [-0.25, -0.2) is 0 Å². The first-order chi connectivity index (χ1) is 9.59. The molecule has 0 spiro atoms. The molecule has 0 amide bonds. The van der Waals surface area contributed by atoms with Crippen molar-refractivity contribution in [2.75, 3.05) is 0 Å². The normalized spacial score (nSPS) is 10.9. The second-order valence-corrected chi connectivity index (χ2v) is 5.11. The number of Topliss-reactive ketones (excluding diaryl/α,β-unsaturated/α-hetero) is 1. The van der Waals surface area contributed by atoms with Crippen molar-refractivity contribution in [3.05, 3.63) is 53.2 Å². The van der Waals surface area contributed by atoms with Crippen molar-refractivity contribution >= 4 is 16.7 Å². The number of carbonyl (C=O) groups excluding carboxylic acids is 1. The van der Waals surface area contributed by atoms with Gasteiger partial charge in [0, 0.05) is 22.2 Å². The minimum Gasteiger partial charge on any atom is -0.294 e. The molecule has 0 aliphatic rings. The van der Waals surface area contributed by atoms with Gasteiger partial charge in [0.1, 0.15) is 5.52 Å². The maximum absolute atomic E-state index is 12.0. The Kier molecular flexibility index (Phi) is 2.90. The topological polar surface area (TPSA) is 45.8 Å². The first-order valence-corrected chi connectivity index (χ1v) is 6.64. The fraction of sp³-hybridized carbons (Fsp3) is 0.176. The molecule has 0 aliphatic heterocycles. The van der Waals surface area contributed by atoms with Gasteiger partial charge in [-0.1, -0.05) is 30.3 Å². The van der Waals surface area contributed by atoms with Crippen LogP contribution >= 0.6 is 0 Å². The molecule has 0 aliphatic carbocycles. The lowest BCUT2D eigenvalue weighted by Crippen LogP contribution is -1.99. The largest absolute Gasteiger partial charge is 0.294 e. The predicted octanol–water partition coefficient (Wildman–Crippen LogP) is 4.05. The predicted molar refractivity (Wildman–Crippen MR) is 81.0 cm³/mol. The first kappa shape index (κ1) is 12.6. The molecule has 0 atom stereocenters. The smallest absolute Gasteiger partial charge is 0.160 e. The molecule has 1 aromatic heterocycles. The standard InChI is InChI=1S/C17H16N2O/c1-10-9-14(12(3)20)16(13-7-5-4-6-8-13)17-15(10)11(2)18-19-17/h4-9H,1-3H3,(H,18,19). The highest BCUT2D eigenvalue weighted by Gasteiger charge is 2.18. The molecular formula is C17H16N2O. The summed E-state index contributed by atoms with van der Waals surface area (Å²) in [6.07, 6.45) is 0. The Hall–Kier alpha value is -2.42. The number of rotatable bonds is 2. The summed E-state index contributed by atoms with van der Waals surface area (Å²) < 4.78 is 0. The van der Waals surface area contributed by atoms with Crippen LogP contribution in [0.5, 0.6) is 0 Å². The van der Waals surface area contributed by atoms with E-state index in [2.05, 4.69) is 10.2 Å². The minimum absolute atomic E-state index is 0.0644. The lowest BCUT2D eigenvalue weighted by atomic mass is 9.92. The Balaban J connectivity index is 2.47. The van der Waals surface area contributed by atoms with Crippen molar-refractivity contribution in [3.8, 4) is 11.1 Å². The minimum atomic E-state index is 0.0644. The summed E-state index contributed by atoms with van der Waals surface area (Å²) in [4.78, 5) is 12.0. The summed E-state index contributed by atoms with van der Waals surface area (Å²) in [5.74, 6) is 0.0644. The van der Waals surface area contributed by atoms with Gasteiger partial charge in [0.05, 0.1) is 0 Å². The Labute approximate surface area is 117 Å². The monoisotopic (exact) mass is 264 g/mol. The van der Waals surface area contributed by atoms with E-state index in [0.717, 1.165) is 38.9 Å². The quantitative estimate of drug-likeness (QED) is 0.710. The van der Waals surface area contributed by atoms with Crippen LogP contribution < -0.4 is 0 Å². The molecule has 0 saturated heterocycles. The summed E-state index contributed by atoms with van der Waals surface area (Å²) in [5, 5.41) is 8.56. The maximum Gasteiger partial charge on any atom is 0.160 e. The van der Waals surface area contributed by atoms with E-state index >= 15 is 0 Å². The number of aromatic amines is 1. The third-order valence-electron chi connectivity index (χ3n) is 3.65. The van der Waals surface area contributed by atoms with E-state index in [1.807, 2.05) is 50.2 Å². The number of nitrogens with one attached hydrogen (secondary N) is 1. The zero-order valence-corrected chi connectivity index (χ0v) is 11.8. The zero-order chi connectivity index (χ0) is 14.3. The average Bonchev–Trinajstić information content (AvgIpc) is 2.82. The van der Waals surface area contributed by atoms with Crippen LogP contribution in [0.15, 0.2) is 36.4 Å². The Bertz CT molecular complexity index is 801. The number of ketones is 1. The van der Waals surface area contributed by atoms with Gasteiger partial charge in [-0.05, 0) is 38.0 Å². The SMILES string of the molecule is CC(=O)c1cc(C)c2c(C)[nH]nc2c1-c1ccccc1. The second-order valence-electron chi connectivity index (χ2n) is 5.11. The third kappa shape index (κ3) is 1.83. The van der Waals surface area contributed by atoms with Crippen molar-refractivity contribution in [2.45, 2.75) is 20.8 Å². The fourth-order valence-electron chi connectivity index (χ4n) is 2.76. The van der Waals surface area contributed by atoms with Crippen molar-refractivity contribution in [1.82, 2.24) is 10.2 Å². The van der Waals surface area contributed by atoms with E-state index in [-0.39, 0.29) is 5.78 Å². The van der Waals surface area contributed by atoms with Crippen LogP contribution in [0.3, 0.4) is 0 Å². The second kappa shape index (κ2) is 4.60. The van der Waals surface area contributed by atoms with Crippen molar-refractivity contribution < 1.29 is 4.79 Å². The van der Waals surface area contributed by atoms with E-state index in [4.69, 9.17) is 0 Å². The molecule has 3 aromatic rings. The Morgan fingerprint density at radius 3 is 2.50 bits per heavy atom. The van der Waals surface area contributed by atoms with Gasteiger partial charge in [-0.15, -0.1) is 0 Å². The molecule has 3 rings (SSSR count). The van der Waals surface area contributed by atoms with Crippen LogP contribution in [0.4, 0.5) is 0 Å². The number of aromatic nitrogens is 2. The molecule has 0 bridgehead atoms. The van der Waals surface area contributed by atoms with E-state index in [1.165, 1.54) is 0 Å². The molecule has 1 N–H and O–H groups in total. The molecule has 3 nitrogen and oxygen atoms in total. The van der Waals surface area contributed by atoms with Crippen molar-refractivity contribution in [2.24, 2.45) is 0 Å². The van der Waals surface area contributed by atoms with Gasteiger partial charge < -0.3 is 0 Å². The number of hydrogen-bond acceptors (Lipinski definition) is 2. The molecule has 100 valence electrons. The molecule has 3 heteroatoms. The number of benzene rings is 2. The van der Waals surface area contributed by atoms with Crippen molar-refractivity contribution in [1.29, 1.82) is 0 Å². The highest BCUT2D eigenvalue weighted by atomic mass is 16.1. The molecule has 0 saturated carbocycles. The Morgan fingerprint density at radius 1 is 1.15 bits per heavy atom. The van der Waals surface area contributed by atoms with Gasteiger partial charge in [-0.2, -0.15) is 5.10 Å². The summed E-state index contributed by atoms with van der Waals surface area (Å²) in [6.45, 7) is 5.63. The Morgan fingerprint density at radius 2 is 1.85 bits per heavy atom. The highest BCUT2D eigenvalue weighted by Crippen LogP contribution is 2.34. The summed E-state index contributed by atoms with van der Waals surface area (Å²) >= 11 is 0. The van der Waals surface area contributed by atoms with Gasteiger partial charge in [-0.3, -0.25) is 9.89 Å². The van der Waals surface area contributed by atoms with Gasteiger partial charge in [0.25, 0.3) is 0 Å².